The summed E-state index contributed by atoms with van der Waals surface area (Å²) in [4.78, 5) is 0. The Morgan fingerprint density at radius 1 is 0.667 bits per heavy atom. The molecular formula is C27H28Cl2Ti-2. The molecular weight excluding hydrogens is 443 g/mol. The van der Waals surface area contributed by atoms with Gasteiger partial charge in [-0.3, -0.25) is 0 Å². The second-order valence-electron chi connectivity index (χ2n) is 6.61. The summed E-state index contributed by atoms with van der Waals surface area (Å²) in [6.07, 6.45) is 2.35. The molecule has 4 aromatic carbocycles. The quantitative estimate of drug-likeness (QED) is 0.208. The Hall–Kier alpha value is -1.70. The molecule has 0 spiro atoms. The first kappa shape index (κ1) is 24.6. The molecule has 4 aromatic rings. The molecule has 0 fully saturated rings. The standard InChI is InChI=1S/C13H10.C9H13.C5H5.2ClH.Ti/c1-3-7-12(8-4-1)11-13-9-5-2-6-10-13;1-3-8-6-5-7-9(8)4-2;1-2-4-5-3-1;;;/h1-10H;5-7H,3-4H2,1-2H3;1-5H;2*1H;/q;2*-1;;;+2/p-2. The minimum atomic E-state index is -2.15. The number of rotatable bonds is 4. The van der Waals surface area contributed by atoms with Gasteiger partial charge in [0.2, 0.25) is 0 Å². The monoisotopic (exact) mass is 470 g/mol. The Kier molecular flexibility index (Phi) is 11.7. The third-order valence-electron chi connectivity index (χ3n) is 4.64. The van der Waals surface area contributed by atoms with Crippen molar-refractivity contribution < 1.29 is 15.3 Å². The van der Waals surface area contributed by atoms with Crippen LogP contribution in [-0.4, -0.2) is 3.81 Å². The van der Waals surface area contributed by atoms with E-state index in [4.69, 9.17) is 18.6 Å². The zero-order chi connectivity index (χ0) is 21.6. The number of halogens is 2. The third kappa shape index (κ3) is 8.21. The van der Waals surface area contributed by atoms with E-state index in [-0.39, 0.29) is 0 Å². The first-order chi connectivity index (χ1) is 14.7. The van der Waals surface area contributed by atoms with E-state index in [1.165, 1.54) is 24.0 Å². The van der Waals surface area contributed by atoms with Gasteiger partial charge in [0.1, 0.15) is 0 Å². The third-order valence-corrected chi connectivity index (χ3v) is 7.69. The van der Waals surface area contributed by atoms with Gasteiger partial charge in [-0.05, 0) is 0 Å². The zero-order valence-corrected chi connectivity index (χ0v) is 20.6. The molecule has 0 amide bonds. The molecule has 3 heteroatoms. The van der Waals surface area contributed by atoms with E-state index >= 15 is 0 Å². The molecule has 4 rings (SSSR count). The van der Waals surface area contributed by atoms with E-state index in [1.807, 2.05) is 66.7 Å². The zero-order valence-electron chi connectivity index (χ0n) is 17.6. The summed E-state index contributed by atoms with van der Waals surface area (Å²) < 4.78 is 1.12. The Bertz CT molecular complexity index is 887. The molecule has 0 saturated carbocycles. The molecule has 156 valence electrons. The van der Waals surface area contributed by atoms with Crippen LogP contribution in [0.1, 0.15) is 36.1 Å². The van der Waals surface area contributed by atoms with Crippen molar-refractivity contribution >= 4 is 22.4 Å². The number of aryl methyl sites for hydroxylation is 2. The Balaban J connectivity index is 0.000000190. The largest absolute Gasteiger partial charge is 0.214 e. The number of hydrogen-bond donors (Lipinski definition) is 0. The minimum Gasteiger partial charge on any atom is -0.214 e. The maximum atomic E-state index is 6.21. The first-order valence-electron chi connectivity index (χ1n) is 10.2. The number of benzene rings is 2. The topological polar surface area (TPSA) is 0 Å². The average Bonchev–Trinajstić information content (AvgIpc) is 3.50. The van der Waals surface area contributed by atoms with Crippen LogP contribution in [0.25, 0.3) is 0 Å². The Labute approximate surface area is 194 Å². The first-order valence-corrected chi connectivity index (χ1v) is 15.3. The normalized spacial score (nSPS) is 9.60. The number of hydrogen-bond acceptors (Lipinski definition) is 0. The van der Waals surface area contributed by atoms with Crippen molar-refractivity contribution in [3.8, 4) is 0 Å². The van der Waals surface area contributed by atoms with E-state index in [9.17, 15) is 0 Å². The van der Waals surface area contributed by atoms with E-state index < -0.39 is 15.3 Å². The molecule has 0 bridgehead atoms. The van der Waals surface area contributed by atoms with Crippen LogP contribution >= 0.6 is 18.6 Å². The van der Waals surface area contributed by atoms with Crippen molar-refractivity contribution in [3.63, 3.8) is 0 Å². The van der Waals surface area contributed by atoms with Gasteiger partial charge in [-0.2, -0.15) is 47.5 Å². The van der Waals surface area contributed by atoms with Crippen molar-refractivity contribution in [2.24, 2.45) is 0 Å². The predicted molar refractivity (Wildman–Crippen MR) is 131 cm³/mol. The van der Waals surface area contributed by atoms with Crippen molar-refractivity contribution in [1.82, 2.24) is 0 Å². The molecule has 0 N–H and O–H groups in total. The molecule has 0 aliphatic heterocycles. The van der Waals surface area contributed by atoms with E-state index in [0.717, 1.165) is 14.9 Å². The fraction of sp³-hybridized carbons (Fsp3) is 0.148. The van der Waals surface area contributed by atoms with Crippen LogP contribution in [0.15, 0.2) is 109 Å². The van der Waals surface area contributed by atoms with Crippen LogP contribution in [0.4, 0.5) is 0 Å². The van der Waals surface area contributed by atoms with Crippen molar-refractivity contribution in [2.45, 2.75) is 26.7 Å². The molecule has 0 aromatic heterocycles. The Morgan fingerprint density at radius 3 is 1.40 bits per heavy atom. The van der Waals surface area contributed by atoms with Crippen molar-refractivity contribution in [2.75, 3.05) is 0 Å². The molecule has 0 saturated heterocycles. The summed E-state index contributed by atoms with van der Waals surface area (Å²) in [5, 5.41) is 0. The van der Waals surface area contributed by atoms with Gasteiger partial charge in [0.15, 0.2) is 0 Å². The summed E-state index contributed by atoms with van der Waals surface area (Å²) in [5.41, 5.74) is 5.29. The summed E-state index contributed by atoms with van der Waals surface area (Å²) >= 11 is -2.15. The molecule has 0 unspecified atom stereocenters. The van der Waals surface area contributed by atoms with E-state index in [0.29, 0.717) is 0 Å². The van der Waals surface area contributed by atoms with Crippen LogP contribution in [0.5, 0.6) is 0 Å². The van der Waals surface area contributed by atoms with Crippen LogP contribution in [0, 0.1) is 0 Å². The van der Waals surface area contributed by atoms with Crippen LogP contribution in [0.3, 0.4) is 0 Å². The predicted octanol–water partition coefficient (Wildman–Crippen LogP) is 8.12. The van der Waals surface area contributed by atoms with Gasteiger partial charge in [-0.1, -0.05) is 26.7 Å². The van der Waals surface area contributed by atoms with Gasteiger partial charge >= 0.3 is 109 Å². The summed E-state index contributed by atoms with van der Waals surface area (Å²) in [7, 11) is 12.4. The van der Waals surface area contributed by atoms with Gasteiger partial charge in [-0.25, -0.2) is 12.1 Å². The van der Waals surface area contributed by atoms with Crippen molar-refractivity contribution in [3.05, 3.63) is 131 Å². The van der Waals surface area contributed by atoms with Gasteiger partial charge < -0.3 is 0 Å². The molecule has 0 atom stereocenters. The second kappa shape index (κ2) is 14.3. The SMILES string of the molecule is CCc1c[cH-]cc1CC.[Cl][Ti]([Cl])=[C](c1ccccc1)c1ccccc1.c1cc[cH-]c1. The van der Waals surface area contributed by atoms with Crippen LogP contribution < -0.4 is 0 Å². The van der Waals surface area contributed by atoms with Crippen LogP contribution in [0.2, 0.25) is 0 Å². The van der Waals surface area contributed by atoms with Gasteiger partial charge in [0.05, 0.1) is 0 Å². The smallest absolute Gasteiger partial charge is 0.172 e. The maximum absolute atomic E-state index is 6.21. The van der Waals surface area contributed by atoms with E-state index in [1.54, 1.807) is 0 Å². The molecule has 0 aliphatic carbocycles. The summed E-state index contributed by atoms with van der Waals surface area (Å²) in [6.45, 7) is 4.41. The molecule has 0 aliphatic rings. The summed E-state index contributed by atoms with van der Waals surface area (Å²) in [6, 6.07) is 36.8. The Morgan fingerprint density at radius 2 is 1.10 bits per heavy atom. The average molecular weight is 471 g/mol. The molecule has 30 heavy (non-hydrogen) atoms. The molecule has 0 radical (unpaired) electrons. The molecule has 0 nitrogen and oxygen atoms in total. The molecule has 0 heterocycles. The van der Waals surface area contributed by atoms with Crippen LogP contribution in [-0.2, 0) is 28.1 Å². The summed E-state index contributed by atoms with van der Waals surface area (Å²) in [5.74, 6) is 0. The van der Waals surface area contributed by atoms with E-state index in [2.05, 4.69) is 56.3 Å². The van der Waals surface area contributed by atoms with Gasteiger partial charge in [-0.15, -0.1) is 0 Å². The van der Waals surface area contributed by atoms with Gasteiger partial charge in [0, 0.05) is 0 Å². The fourth-order valence-electron chi connectivity index (χ4n) is 3.10. The maximum Gasteiger partial charge on any atom is -0.172 e. The van der Waals surface area contributed by atoms with Crippen molar-refractivity contribution in [1.29, 1.82) is 0 Å². The van der Waals surface area contributed by atoms with Gasteiger partial charge in [0.25, 0.3) is 0 Å². The second-order valence-corrected chi connectivity index (χ2v) is 12.1. The fourth-order valence-corrected chi connectivity index (χ4v) is 6.10. The minimum absolute atomic E-state index is 1.12.